The normalized spacial score (nSPS) is 14.5. The van der Waals surface area contributed by atoms with E-state index in [2.05, 4.69) is 15.9 Å². The van der Waals surface area contributed by atoms with E-state index in [4.69, 9.17) is 14.2 Å². The van der Waals surface area contributed by atoms with Crippen molar-refractivity contribution in [2.45, 2.75) is 6.61 Å². The Kier molecular flexibility index (Phi) is 7.92. The molecule has 1 saturated heterocycles. The Hall–Kier alpha value is -3.23. The van der Waals surface area contributed by atoms with E-state index in [-0.39, 0.29) is 24.3 Å². The van der Waals surface area contributed by atoms with Gasteiger partial charge in [0.2, 0.25) is 0 Å². The molecule has 6 nitrogen and oxygen atoms in total. The molecule has 4 rings (SSSR count). The number of halogens is 1. The number of para-hydroxylation sites is 1. The molecule has 0 saturated carbocycles. The van der Waals surface area contributed by atoms with E-state index >= 15 is 0 Å². The standard InChI is InChI=1S/C26H22BrNO5S/c1-31-22-15-19(14-21(27)24(22)33-17-18-8-4-2-5-9-18)16-23-25(29)28(26(30)34-23)12-13-32-20-10-6-3-7-11-20/h2-11,14-16H,12-13,17H2,1H3/b23-16-. The highest BCUT2D eigenvalue weighted by Gasteiger charge is 2.34. The number of hydrogen-bond acceptors (Lipinski definition) is 6. The summed E-state index contributed by atoms with van der Waals surface area (Å²) in [5.41, 5.74) is 1.74. The zero-order chi connectivity index (χ0) is 23.9. The first-order valence-electron chi connectivity index (χ1n) is 10.5. The van der Waals surface area contributed by atoms with Gasteiger partial charge in [0.15, 0.2) is 11.5 Å². The molecule has 0 atom stereocenters. The van der Waals surface area contributed by atoms with Crippen molar-refractivity contribution < 1.29 is 23.8 Å². The molecule has 1 fully saturated rings. The smallest absolute Gasteiger partial charge is 0.293 e. The Morgan fingerprint density at radius 3 is 2.38 bits per heavy atom. The summed E-state index contributed by atoms with van der Waals surface area (Å²) >= 11 is 4.45. The summed E-state index contributed by atoms with van der Waals surface area (Å²) in [6, 6.07) is 22.7. The van der Waals surface area contributed by atoms with E-state index in [0.29, 0.717) is 38.8 Å². The van der Waals surface area contributed by atoms with Crippen LogP contribution in [0.2, 0.25) is 0 Å². The van der Waals surface area contributed by atoms with Crippen molar-refractivity contribution in [3.05, 3.63) is 93.3 Å². The second kappa shape index (κ2) is 11.3. The van der Waals surface area contributed by atoms with E-state index in [0.717, 1.165) is 17.3 Å². The van der Waals surface area contributed by atoms with Crippen LogP contribution in [0.15, 0.2) is 82.2 Å². The van der Waals surface area contributed by atoms with Crippen molar-refractivity contribution in [2.75, 3.05) is 20.3 Å². The molecule has 8 heteroatoms. The topological polar surface area (TPSA) is 65.1 Å². The Bertz CT molecular complexity index is 1200. The minimum atomic E-state index is -0.342. The van der Waals surface area contributed by atoms with E-state index in [1.54, 1.807) is 19.3 Å². The molecule has 0 N–H and O–H groups in total. The predicted octanol–water partition coefficient (Wildman–Crippen LogP) is 6.15. The van der Waals surface area contributed by atoms with Crippen molar-refractivity contribution in [3.8, 4) is 17.2 Å². The number of hydrogen-bond donors (Lipinski definition) is 0. The Morgan fingerprint density at radius 1 is 0.971 bits per heavy atom. The van der Waals surface area contributed by atoms with Gasteiger partial charge in [0, 0.05) is 0 Å². The summed E-state index contributed by atoms with van der Waals surface area (Å²) in [6.45, 7) is 0.789. The van der Waals surface area contributed by atoms with Gasteiger partial charge in [-0.1, -0.05) is 48.5 Å². The first-order valence-corrected chi connectivity index (χ1v) is 12.1. The van der Waals surface area contributed by atoms with Crippen molar-refractivity contribution in [3.63, 3.8) is 0 Å². The molecule has 0 bridgehead atoms. The van der Waals surface area contributed by atoms with Crippen LogP contribution in [0.4, 0.5) is 4.79 Å². The summed E-state index contributed by atoms with van der Waals surface area (Å²) in [5, 5.41) is -0.318. The Labute approximate surface area is 210 Å². The lowest BCUT2D eigenvalue weighted by atomic mass is 10.1. The molecule has 34 heavy (non-hydrogen) atoms. The second-order valence-electron chi connectivity index (χ2n) is 7.30. The number of rotatable bonds is 9. The number of nitrogens with zero attached hydrogens (tertiary/aromatic N) is 1. The lowest BCUT2D eigenvalue weighted by Crippen LogP contribution is -2.32. The van der Waals surface area contributed by atoms with Crippen LogP contribution in [0.1, 0.15) is 11.1 Å². The van der Waals surface area contributed by atoms with Crippen LogP contribution in [0.3, 0.4) is 0 Å². The van der Waals surface area contributed by atoms with Crippen LogP contribution in [0, 0.1) is 0 Å². The fraction of sp³-hybridized carbons (Fsp3) is 0.154. The van der Waals surface area contributed by atoms with Gasteiger partial charge in [-0.15, -0.1) is 0 Å². The minimum Gasteiger partial charge on any atom is -0.493 e. The number of carbonyl (C=O) groups excluding carboxylic acids is 2. The first kappa shape index (κ1) is 23.9. The van der Waals surface area contributed by atoms with Gasteiger partial charge in [-0.3, -0.25) is 14.5 Å². The molecule has 174 valence electrons. The van der Waals surface area contributed by atoms with Gasteiger partial charge in [-0.05, 0) is 69.2 Å². The second-order valence-corrected chi connectivity index (χ2v) is 9.15. The summed E-state index contributed by atoms with van der Waals surface area (Å²) in [4.78, 5) is 26.8. The van der Waals surface area contributed by atoms with Gasteiger partial charge in [-0.25, -0.2) is 0 Å². The van der Waals surface area contributed by atoms with Crippen LogP contribution in [0.5, 0.6) is 17.2 Å². The molecule has 1 aliphatic heterocycles. The van der Waals surface area contributed by atoms with Crippen molar-refractivity contribution in [1.82, 2.24) is 4.90 Å². The van der Waals surface area contributed by atoms with Gasteiger partial charge in [0.05, 0.1) is 23.0 Å². The summed E-state index contributed by atoms with van der Waals surface area (Å²) in [7, 11) is 1.56. The predicted molar refractivity (Wildman–Crippen MR) is 136 cm³/mol. The molecule has 1 aliphatic rings. The highest BCUT2D eigenvalue weighted by atomic mass is 79.9. The lowest BCUT2D eigenvalue weighted by molar-refractivity contribution is -0.123. The van der Waals surface area contributed by atoms with E-state index < -0.39 is 0 Å². The number of carbonyl (C=O) groups is 2. The fourth-order valence-corrected chi connectivity index (χ4v) is 4.75. The highest BCUT2D eigenvalue weighted by molar-refractivity contribution is 9.10. The fourth-order valence-electron chi connectivity index (χ4n) is 3.31. The average Bonchev–Trinajstić information content (AvgIpc) is 3.11. The quantitative estimate of drug-likeness (QED) is 0.304. The molecule has 0 aromatic heterocycles. The maximum absolute atomic E-state index is 12.8. The highest BCUT2D eigenvalue weighted by Crippen LogP contribution is 2.39. The van der Waals surface area contributed by atoms with Crippen LogP contribution < -0.4 is 14.2 Å². The summed E-state index contributed by atoms with van der Waals surface area (Å²) in [6.07, 6.45) is 1.68. The van der Waals surface area contributed by atoms with Gasteiger partial charge in [-0.2, -0.15) is 0 Å². The SMILES string of the molecule is COc1cc(/C=C2\SC(=O)N(CCOc3ccccc3)C2=O)cc(Br)c1OCc1ccccc1. The molecule has 2 amide bonds. The number of benzene rings is 3. The number of thioether (sulfide) groups is 1. The monoisotopic (exact) mass is 539 g/mol. The molecule has 0 radical (unpaired) electrons. The molecule has 3 aromatic carbocycles. The van der Waals surface area contributed by atoms with Crippen molar-refractivity contribution in [1.29, 1.82) is 0 Å². The third kappa shape index (κ3) is 5.81. The molecule has 0 spiro atoms. The number of methoxy groups -OCH3 is 1. The Morgan fingerprint density at radius 2 is 1.68 bits per heavy atom. The van der Waals surface area contributed by atoms with E-state index in [1.165, 1.54) is 4.90 Å². The number of imide groups is 1. The van der Waals surface area contributed by atoms with Gasteiger partial charge < -0.3 is 14.2 Å². The van der Waals surface area contributed by atoms with Gasteiger partial charge >= 0.3 is 0 Å². The Balaban J connectivity index is 1.44. The van der Waals surface area contributed by atoms with Crippen LogP contribution in [-0.4, -0.2) is 36.3 Å². The third-order valence-electron chi connectivity index (χ3n) is 4.98. The zero-order valence-corrected chi connectivity index (χ0v) is 20.8. The molecule has 3 aromatic rings. The van der Waals surface area contributed by atoms with Crippen molar-refractivity contribution >= 4 is 44.9 Å². The number of ether oxygens (including phenoxy) is 3. The minimum absolute atomic E-state index is 0.177. The van der Waals surface area contributed by atoms with E-state index in [1.807, 2.05) is 66.7 Å². The van der Waals surface area contributed by atoms with Crippen molar-refractivity contribution in [2.24, 2.45) is 0 Å². The zero-order valence-electron chi connectivity index (χ0n) is 18.4. The number of amides is 2. The van der Waals surface area contributed by atoms with Gasteiger partial charge in [0.1, 0.15) is 19.0 Å². The molecule has 0 aliphatic carbocycles. The van der Waals surface area contributed by atoms with Crippen LogP contribution in [-0.2, 0) is 11.4 Å². The lowest BCUT2D eigenvalue weighted by Gasteiger charge is -2.14. The average molecular weight is 540 g/mol. The third-order valence-corrected chi connectivity index (χ3v) is 6.47. The maximum atomic E-state index is 12.8. The molecule has 1 heterocycles. The largest absolute Gasteiger partial charge is 0.493 e. The van der Waals surface area contributed by atoms with Crippen LogP contribution in [0.25, 0.3) is 6.08 Å². The first-order chi connectivity index (χ1) is 16.5. The molecular weight excluding hydrogens is 518 g/mol. The van der Waals surface area contributed by atoms with Gasteiger partial charge in [0.25, 0.3) is 11.1 Å². The van der Waals surface area contributed by atoms with E-state index in [9.17, 15) is 9.59 Å². The molecule has 0 unspecified atom stereocenters. The van der Waals surface area contributed by atoms with Crippen LogP contribution >= 0.6 is 27.7 Å². The maximum Gasteiger partial charge on any atom is 0.293 e. The summed E-state index contributed by atoms with van der Waals surface area (Å²) in [5.74, 6) is 1.43. The summed E-state index contributed by atoms with van der Waals surface area (Å²) < 4.78 is 17.8. The molecular formula is C26H22BrNO5S.